The summed E-state index contributed by atoms with van der Waals surface area (Å²) >= 11 is 0. The smallest absolute Gasteiger partial charge is 0.164 e. The quantitative estimate of drug-likeness (QED) is 0.885. The lowest BCUT2D eigenvalue weighted by Gasteiger charge is -2.27. The van der Waals surface area contributed by atoms with Crippen LogP contribution in [0.2, 0.25) is 0 Å². The van der Waals surface area contributed by atoms with Crippen LogP contribution in [0.3, 0.4) is 0 Å². The van der Waals surface area contributed by atoms with Crippen LogP contribution < -0.4 is 14.8 Å². The van der Waals surface area contributed by atoms with E-state index < -0.39 is 0 Å². The molecular weight excluding hydrogens is 302 g/mol. The molecule has 0 bridgehead atoms. The highest BCUT2D eigenvalue weighted by atomic mass is 16.5. The highest BCUT2D eigenvalue weighted by Gasteiger charge is 2.23. The molecule has 0 heterocycles. The lowest BCUT2D eigenvalue weighted by Crippen LogP contribution is -2.34. The summed E-state index contributed by atoms with van der Waals surface area (Å²) in [5, 5.41) is 10.7. The normalized spacial score (nSPS) is 15.8. The summed E-state index contributed by atoms with van der Waals surface area (Å²) in [5.74, 6) is 1.73. The zero-order valence-electron chi connectivity index (χ0n) is 14.7. The fourth-order valence-corrected chi connectivity index (χ4v) is 3.22. The molecule has 24 heavy (non-hydrogen) atoms. The summed E-state index contributed by atoms with van der Waals surface area (Å²) in [6, 6.07) is 15.3. The third-order valence-electron chi connectivity index (χ3n) is 4.39. The number of aliphatic hydroxyl groups is 1. The Morgan fingerprint density at radius 2 is 1.79 bits per heavy atom. The Morgan fingerprint density at radius 1 is 1.04 bits per heavy atom. The van der Waals surface area contributed by atoms with Gasteiger partial charge in [-0.25, -0.2) is 0 Å². The lowest BCUT2D eigenvalue weighted by atomic mass is 9.87. The summed E-state index contributed by atoms with van der Waals surface area (Å²) in [5.41, 5.74) is 4.01. The van der Waals surface area contributed by atoms with Crippen LogP contribution in [-0.2, 0) is 19.4 Å². The van der Waals surface area contributed by atoms with E-state index in [9.17, 15) is 0 Å². The van der Waals surface area contributed by atoms with Gasteiger partial charge in [0.2, 0.25) is 0 Å². The fraction of sp³-hybridized carbons (Fsp3) is 0.400. The van der Waals surface area contributed by atoms with E-state index in [1.807, 2.05) is 6.07 Å². The first-order chi connectivity index (χ1) is 11.8. The number of aliphatic hydroxyl groups excluding tert-OH is 1. The Hall–Kier alpha value is -2.04. The maximum atomic E-state index is 7.00. The molecule has 2 aromatic rings. The van der Waals surface area contributed by atoms with Gasteiger partial charge in [0, 0.05) is 25.3 Å². The first kappa shape index (κ1) is 18.3. The minimum absolute atomic E-state index is 0.519. The van der Waals surface area contributed by atoms with E-state index in [2.05, 4.69) is 41.7 Å². The SMILES string of the molecule is CO.COc1ccc2c(c1OC)CC[C@H](NCc1ccccc1)C2. The van der Waals surface area contributed by atoms with Crippen LogP contribution in [0.5, 0.6) is 11.5 Å². The highest BCUT2D eigenvalue weighted by Crippen LogP contribution is 2.37. The summed E-state index contributed by atoms with van der Waals surface area (Å²) in [6.45, 7) is 0.925. The molecule has 0 aromatic heterocycles. The third-order valence-corrected chi connectivity index (χ3v) is 4.39. The van der Waals surface area contributed by atoms with E-state index in [-0.39, 0.29) is 0 Å². The molecule has 2 aromatic carbocycles. The molecular formula is C20H27NO3. The molecule has 0 radical (unpaired) electrons. The Bertz CT molecular complexity index is 628. The van der Waals surface area contributed by atoms with Crippen LogP contribution in [0, 0.1) is 0 Å². The van der Waals surface area contributed by atoms with Crippen LogP contribution >= 0.6 is 0 Å². The number of hydrogen-bond donors (Lipinski definition) is 2. The maximum Gasteiger partial charge on any atom is 0.164 e. The largest absolute Gasteiger partial charge is 0.493 e. The molecule has 2 N–H and O–H groups in total. The number of fused-ring (bicyclic) bond motifs is 1. The number of hydrogen-bond acceptors (Lipinski definition) is 4. The van der Waals surface area contributed by atoms with Gasteiger partial charge in [-0.1, -0.05) is 36.4 Å². The Kier molecular flexibility index (Phi) is 7.09. The molecule has 0 spiro atoms. The molecule has 0 saturated heterocycles. The molecule has 130 valence electrons. The predicted octanol–water partition coefficient (Wildman–Crippen LogP) is 2.96. The zero-order chi connectivity index (χ0) is 17.4. The average Bonchev–Trinajstić information content (AvgIpc) is 2.67. The molecule has 4 heteroatoms. The standard InChI is InChI=1S/C19H23NO2.CH4O/c1-21-18-11-8-15-12-16(9-10-17(15)19(18)22-2)20-13-14-6-4-3-5-7-14;1-2/h3-8,11,16,20H,9-10,12-13H2,1-2H3;2H,1H3/t16-;/m0./s1. The number of benzene rings is 2. The van der Waals surface area contributed by atoms with Crippen molar-refractivity contribution >= 4 is 0 Å². The van der Waals surface area contributed by atoms with Crippen molar-refractivity contribution in [2.45, 2.75) is 31.8 Å². The maximum absolute atomic E-state index is 7.00. The van der Waals surface area contributed by atoms with Gasteiger partial charge in [0.1, 0.15) is 0 Å². The van der Waals surface area contributed by atoms with Crippen molar-refractivity contribution in [1.29, 1.82) is 0 Å². The first-order valence-corrected chi connectivity index (χ1v) is 8.26. The van der Waals surface area contributed by atoms with Gasteiger partial charge in [-0.15, -0.1) is 0 Å². The number of ether oxygens (including phenoxy) is 2. The Morgan fingerprint density at radius 3 is 2.46 bits per heavy atom. The van der Waals surface area contributed by atoms with Crippen molar-refractivity contribution in [3.63, 3.8) is 0 Å². The van der Waals surface area contributed by atoms with Gasteiger partial charge >= 0.3 is 0 Å². The van der Waals surface area contributed by atoms with Crippen molar-refractivity contribution < 1.29 is 14.6 Å². The topological polar surface area (TPSA) is 50.7 Å². The van der Waals surface area contributed by atoms with Crippen molar-refractivity contribution in [1.82, 2.24) is 5.32 Å². The molecule has 1 atom stereocenters. The molecule has 4 nitrogen and oxygen atoms in total. The van der Waals surface area contributed by atoms with Crippen molar-refractivity contribution in [3.05, 3.63) is 59.2 Å². The van der Waals surface area contributed by atoms with E-state index in [4.69, 9.17) is 14.6 Å². The van der Waals surface area contributed by atoms with Crippen molar-refractivity contribution in [3.8, 4) is 11.5 Å². The van der Waals surface area contributed by atoms with Gasteiger partial charge in [-0.05, 0) is 36.5 Å². The first-order valence-electron chi connectivity index (χ1n) is 8.26. The van der Waals surface area contributed by atoms with Crippen molar-refractivity contribution in [2.24, 2.45) is 0 Å². The van der Waals surface area contributed by atoms with E-state index in [0.717, 1.165) is 44.4 Å². The lowest BCUT2D eigenvalue weighted by molar-refractivity contribution is 0.346. The van der Waals surface area contributed by atoms with Crippen LogP contribution in [0.15, 0.2) is 42.5 Å². The van der Waals surface area contributed by atoms with Crippen LogP contribution in [0.4, 0.5) is 0 Å². The predicted molar refractivity (Wildman–Crippen MR) is 96.8 cm³/mol. The van der Waals surface area contributed by atoms with Gasteiger partial charge in [-0.3, -0.25) is 0 Å². The van der Waals surface area contributed by atoms with E-state index in [0.29, 0.717) is 6.04 Å². The zero-order valence-corrected chi connectivity index (χ0v) is 14.7. The second-order valence-electron chi connectivity index (χ2n) is 5.74. The van der Waals surface area contributed by atoms with Gasteiger partial charge < -0.3 is 19.9 Å². The highest BCUT2D eigenvalue weighted by molar-refractivity contribution is 5.52. The second kappa shape index (κ2) is 9.30. The molecule has 0 unspecified atom stereocenters. The van der Waals surface area contributed by atoms with Crippen LogP contribution in [0.25, 0.3) is 0 Å². The minimum Gasteiger partial charge on any atom is -0.493 e. The number of nitrogens with one attached hydrogen (secondary N) is 1. The molecule has 0 fully saturated rings. The molecule has 3 rings (SSSR count). The second-order valence-corrected chi connectivity index (χ2v) is 5.74. The Labute approximate surface area is 144 Å². The molecule has 0 amide bonds. The van der Waals surface area contributed by atoms with Gasteiger partial charge in [0.15, 0.2) is 11.5 Å². The van der Waals surface area contributed by atoms with Crippen LogP contribution in [0.1, 0.15) is 23.1 Å². The summed E-state index contributed by atoms with van der Waals surface area (Å²) < 4.78 is 10.9. The summed E-state index contributed by atoms with van der Waals surface area (Å²) in [6.07, 6.45) is 3.20. The van der Waals surface area contributed by atoms with Gasteiger partial charge in [-0.2, -0.15) is 0 Å². The number of methoxy groups -OCH3 is 2. The summed E-state index contributed by atoms with van der Waals surface area (Å²) in [7, 11) is 4.41. The van der Waals surface area contributed by atoms with E-state index in [1.54, 1.807) is 14.2 Å². The fourth-order valence-electron chi connectivity index (χ4n) is 3.22. The molecule has 0 saturated carbocycles. The molecule has 0 aliphatic heterocycles. The van der Waals surface area contributed by atoms with Crippen LogP contribution in [-0.4, -0.2) is 32.5 Å². The Balaban J connectivity index is 0.00000100. The van der Waals surface area contributed by atoms with E-state index in [1.165, 1.54) is 16.7 Å². The minimum atomic E-state index is 0.519. The third kappa shape index (κ3) is 4.28. The molecule has 1 aliphatic carbocycles. The monoisotopic (exact) mass is 329 g/mol. The van der Waals surface area contributed by atoms with Crippen molar-refractivity contribution in [2.75, 3.05) is 21.3 Å². The van der Waals surface area contributed by atoms with Gasteiger partial charge in [0.05, 0.1) is 14.2 Å². The average molecular weight is 329 g/mol. The van der Waals surface area contributed by atoms with E-state index >= 15 is 0 Å². The van der Waals surface area contributed by atoms with Gasteiger partial charge in [0.25, 0.3) is 0 Å². The summed E-state index contributed by atoms with van der Waals surface area (Å²) in [4.78, 5) is 0. The molecule has 1 aliphatic rings. The number of rotatable bonds is 5.